The highest BCUT2D eigenvalue weighted by Gasteiger charge is 2.32. The summed E-state index contributed by atoms with van der Waals surface area (Å²) in [7, 11) is -0.744. The third-order valence-electron chi connectivity index (χ3n) is 1.57. The molecule has 0 atom stereocenters. The Morgan fingerprint density at radius 2 is 1.87 bits per heavy atom. The van der Waals surface area contributed by atoms with Crippen LogP contribution >= 0.6 is 0 Å². The zero-order chi connectivity index (χ0) is 11.4. The summed E-state index contributed by atoms with van der Waals surface area (Å²) in [5.41, 5.74) is 0. The maximum Gasteiger partial charge on any atom is 0.385 e. The van der Waals surface area contributed by atoms with E-state index in [1.165, 1.54) is 5.23 Å². The number of rotatable bonds is 3. The van der Waals surface area contributed by atoms with E-state index in [1.54, 1.807) is 0 Å². The number of imide groups is 1. The molecule has 1 heterocycles. The van der Waals surface area contributed by atoms with Gasteiger partial charge in [0, 0.05) is 12.8 Å². The van der Waals surface area contributed by atoms with E-state index < -0.39 is 31.3 Å². The lowest BCUT2D eigenvalue weighted by Gasteiger charge is -2.11. The first-order valence-corrected chi connectivity index (χ1v) is 4.00. The highest BCUT2D eigenvalue weighted by atomic mass is 19.1. The van der Waals surface area contributed by atoms with E-state index in [9.17, 15) is 23.6 Å². The van der Waals surface area contributed by atoms with Crippen LogP contribution in [0.1, 0.15) is 12.8 Å². The maximum absolute atomic E-state index is 11.6. The molecule has 1 saturated heterocycles. The molecule has 1 aliphatic rings. The molecule has 1 aliphatic heterocycles. The van der Waals surface area contributed by atoms with Crippen molar-refractivity contribution in [2.75, 3.05) is 0 Å². The molecule has 7 nitrogen and oxygen atoms in total. The van der Waals surface area contributed by atoms with Gasteiger partial charge >= 0.3 is 19.4 Å². The summed E-state index contributed by atoms with van der Waals surface area (Å²) in [6.45, 7) is 0. The van der Waals surface area contributed by atoms with Crippen LogP contribution in [-0.4, -0.2) is 36.3 Å². The van der Waals surface area contributed by atoms with Gasteiger partial charge in [-0.3, -0.25) is 14.4 Å². The maximum atomic E-state index is 11.6. The number of halogens is 1. The van der Waals surface area contributed by atoms with Crippen molar-refractivity contribution in [3.05, 3.63) is 0 Å². The molecule has 0 bridgehead atoms. The van der Waals surface area contributed by atoms with Gasteiger partial charge in [0.2, 0.25) is 0 Å². The van der Waals surface area contributed by atoms with Crippen LogP contribution in [0.2, 0.25) is 0 Å². The third-order valence-corrected chi connectivity index (χ3v) is 1.57. The third kappa shape index (κ3) is 3.04. The summed E-state index contributed by atoms with van der Waals surface area (Å²) in [4.78, 5) is 46.8. The summed E-state index contributed by atoms with van der Waals surface area (Å²) in [5.74, 6) is -2.37. The van der Waals surface area contributed by atoms with Gasteiger partial charge in [-0.15, -0.1) is 9.45 Å². The molecule has 0 unspecified atom stereocenters. The van der Waals surface area contributed by atoms with Crippen LogP contribution < -0.4 is 5.23 Å². The highest BCUT2D eigenvalue weighted by molar-refractivity contribution is 6.71. The molecule has 0 radical (unpaired) electrons. The van der Waals surface area contributed by atoms with Crippen LogP contribution in [0.3, 0.4) is 0 Å². The fourth-order valence-electron chi connectivity index (χ4n) is 0.934. The number of hydrogen-bond donors (Lipinski definition) is 1. The van der Waals surface area contributed by atoms with Crippen LogP contribution in [0.4, 0.5) is 14.0 Å². The molecule has 0 aliphatic carbocycles. The predicted octanol–water partition coefficient (Wildman–Crippen LogP) is -0.782. The molecule has 1 fully saturated rings. The normalized spacial score (nSPS) is 15.1. The zero-order valence-corrected chi connectivity index (χ0v) is 7.49. The fourth-order valence-corrected chi connectivity index (χ4v) is 0.934. The van der Waals surface area contributed by atoms with E-state index in [0.717, 1.165) is 0 Å². The van der Waals surface area contributed by atoms with Crippen molar-refractivity contribution in [1.82, 2.24) is 10.3 Å². The van der Waals surface area contributed by atoms with Crippen LogP contribution in [0.25, 0.3) is 0 Å². The first-order chi connectivity index (χ1) is 7.00. The molecule has 0 aromatic carbocycles. The Balaban J connectivity index is 2.40. The number of hydroxylamine groups is 2. The number of carbonyl (C=O) groups is 4. The number of carbonyl (C=O) groups excluding carboxylic acids is 4. The van der Waals surface area contributed by atoms with Gasteiger partial charge in [0.15, 0.2) is 0 Å². The van der Waals surface area contributed by atoms with Crippen LogP contribution in [0, 0.1) is 0 Å². The number of nitrogens with one attached hydrogen (secondary N) is 1. The molecule has 0 saturated carbocycles. The second-order valence-electron chi connectivity index (χ2n) is 2.67. The fraction of sp³-hybridized carbons (Fsp3) is 0.333. The minimum absolute atomic E-state index is 0.0262. The van der Waals surface area contributed by atoms with Crippen molar-refractivity contribution in [2.24, 2.45) is 0 Å². The van der Waals surface area contributed by atoms with E-state index >= 15 is 0 Å². The topological polar surface area (TPSA) is 92.8 Å². The Hall–Kier alpha value is -1.93. The lowest BCUT2D eigenvalue weighted by atomic mass is 9.97. The van der Waals surface area contributed by atoms with E-state index in [0.29, 0.717) is 5.06 Å². The van der Waals surface area contributed by atoms with Gasteiger partial charge in [-0.2, -0.15) is 0 Å². The van der Waals surface area contributed by atoms with E-state index in [2.05, 4.69) is 4.84 Å². The summed E-state index contributed by atoms with van der Waals surface area (Å²) in [6.07, 6.45) is -1.95. The number of amides is 3. The van der Waals surface area contributed by atoms with Gasteiger partial charge in [0.05, 0.1) is 0 Å². The Morgan fingerprint density at radius 3 is 2.33 bits per heavy atom. The van der Waals surface area contributed by atoms with Crippen molar-refractivity contribution in [1.29, 1.82) is 0 Å². The summed E-state index contributed by atoms with van der Waals surface area (Å²) < 4.78 is 11.6. The minimum Gasteiger partial charge on any atom is -0.363 e. The van der Waals surface area contributed by atoms with Gasteiger partial charge in [-0.05, 0) is 0 Å². The van der Waals surface area contributed by atoms with E-state index in [-0.39, 0.29) is 12.8 Å². The monoisotopic (exact) mass is 216 g/mol. The molecular formula is C6H6BFN2O5. The highest BCUT2D eigenvalue weighted by Crippen LogP contribution is 2.11. The first kappa shape index (κ1) is 11.2. The average molecular weight is 216 g/mol. The lowest BCUT2D eigenvalue weighted by molar-refractivity contribution is -0.169. The van der Waals surface area contributed by atoms with Crippen LogP contribution in [0.15, 0.2) is 0 Å². The lowest BCUT2D eigenvalue weighted by Crippen LogP contribution is -2.38. The Morgan fingerprint density at radius 1 is 1.33 bits per heavy atom. The average Bonchev–Trinajstić information content (AvgIpc) is 2.46. The van der Waals surface area contributed by atoms with Crippen molar-refractivity contribution in [3.8, 4) is 0 Å². The molecule has 1 N–H and O–H groups in total. The molecule has 80 valence electrons. The predicted molar refractivity (Wildman–Crippen MR) is 44.4 cm³/mol. The van der Waals surface area contributed by atoms with Crippen LogP contribution in [0.5, 0.6) is 0 Å². The van der Waals surface area contributed by atoms with Gasteiger partial charge in [0.1, 0.15) is 0 Å². The minimum atomic E-state index is -1.90. The molecule has 15 heavy (non-hydrogen) atoms. The molecule has 0 aromatic rings. The second-order valence-corrected chi connectivity index (χ2v) is 2.67. The number of hydrogen-bond acceptors (Lipinski definition) is 5. The van der Waals surface area contributed by atoms with Gasteiger partial charge in [-0.1, -0.05) is 0 Å². The van der Waals surface area contributed by atoms with Gasteiger partial charge in [0.25, 0.3) is 11.8 Å². The summed E-state index contributed by atoms with van der Waals surface area (Å²) >= 11 is 0. The van der Waals surface area contributed by atoms with Gasteiger partial charge < -0.3 is 10.1 Å². The molecule has 0 aromatic heterocycles. The second kappa shape index (κ2) is 4.53. The summed E-state index contributed by atoms with van der Waals surface area (Å²) in [6, 6.07) is 0. The largest absolute Gasteiger partial charge is 0.385 e. The zero-order valence-electron chi connectivity index (χ0n) is 7.49. The molecular weight excluding hydrogens is 210 g/mol. The molecule has 3 amide bonds. The van der Waals surface area contributed by atoms with Crippen molar-refractivity contribution < 1.29 is 28.4 Å². The molecule has 9 heteroatoms. The molecule has 0 spiro atoms. The summed E-state index contributed by atoms with van der Waals surface area (Å²) in [5, 5.41) is 1.83. The molecule has 1 rings (SSSR count). The standard InChI is InChI=1S/C6H6BFN2O5/c8-6(14)9-7-5(13)15-10-3(11)1-2-4(10)12/h7H,1-2H2,(H,9,14). The van der Waals surface area contributed by atoms with Crippen LogP contribution in [-0.2, 0) is 14.4 Å². The Bertz CT molecular complexity index is 317. The Kier molecular flexibility index (Phi) is 3.37. The Labute approximate surface area is 83.8 Å². The SMILES string of the molecule is O=C(F)NBC(=O)ON1C(=O)CCC1=O. The van der Waals surface area contributed by atoms with E-state index in [1.807, 2.05) is 0 Å². The van der Waals surface area contributed by atoms with Crippen molar-refractivity contribution in [2.45, 2.75) is 12.8 Å². The van der Waals surface area contributed by atoms with Gasteiger partial charge in [-0.25, -0.2) is 4.79 Å². The van der Waals surface area contributed by atoms with Crippen molar-refractivity contribution >= 4 is 31.3 Å². The number of nitrogens with zero attached hydrogens (tertiary/aromatic N) is 1. The quantitative estimate of drug-likeness (QED) is 0.289. The smallest absolute Gasteiger partial charge is 0.363 e. The van der Waals surface area contributed by atoms with Crippen molar-refractivity contribution in [3.63, 3.8) is 0 Å². The first-order valence-electron chi connectivity index (χ1n) is 4.00. The van der Waals surface area contributed by atoms with E-state index in [4.69, 9.17) is 0 Å².